The molecule has 1 N–H and O–H groups in total. The van der Waals surface area contributed by atoms with E-state index in [0.29, 0.717) is 0 Å². The zero-order valence-corrected chi connectivity index (χ0v) is 13.7. The average molecular weight is 287 g/mol. The molecule has 0 aliphatic rings. The zero-order chi connectivity index (χ0) is 15.9. The molecule has 0 aromatic heterocycles. The summed E-state index contributed by atoms with van der Waals surface area (Å²) in [6.45, 7) is 11.9. The highest BCUT2D eigenvalue weighted by molar-refractivity contribution is 5.81. The Hall–Kier alpha value is -1.26. The number of alkyl carbamates (subject to hydrolysis) is 1. The number of hydrogen-bond donors (Lipinski definition) is 1. The highest BCUT2D eigenvalue weighted by Crippen LogP contribution is 2.17. The second kappa shape index (κ2) is 8.82. The van der Waals surface area contributed by atoms with Crippen LogP contribution in [0, 0.1) is 17.8 Å². The smallest absolute Gasteiger partial charge is 0.408 e. The monoisotopic (exact) mass is 287 g/mol. The summed E-state index contributed by atoms with van der Waals surface area (Å²) in [5.41, 5.74) is 0. The quantitative estimate of drug-likeness (QED) is 0.731. The molecule has 118 valence electrons. The SMILES string of the molecule is CC[C@H](C)[C@H](NC(=O)OC(C(C)C)C(C)C)C(=O)OC. The van der Waals surface area contributed by atoms with Gasteiger partial charge in [0.1, 0.15) is 12.1 Å². The molecule has 0 heterocycles. The number of ether oxygens (including phenoxy) is 2. The van der Waals surface area contributed by atoms with Crippen molar-refractivity contribution in [3.63, 3.8) is 0 Å². The number of esters is 1. The molecule has 0 fully saturated rings. The summed E-state index contributed by atoms with van der Waals surface area (Å²) in [4.78, 5) is 23.7. The van der Waals surface area contributed by atoms with Gasteiger partial charge in [0, 0.05) is 0 Å². The van der Waals surface area contributed by atoms with Crippen molar-refractivity contribution < 1.29 is 19.1 Å². The van der Waals surface area contributed by atoms with Crippen molar-refractivity contribution in [2.75, 3.05) is 7.11 Å². The Morgan fingerprint density at radius 1 is 1.05 bits per heavy atom. The fraction of sp³-hybridized carbons (Fsp3) is 0.867. The number of nitrogens with one attached hydrogen (secondary N) is 1. The lowest BCUT2D eigenvalue weighted by Crippen LogP contribution is -2.47. The fourth-order valence-electron chi connectivity index (χ4n) is 2.12. The fourth-order valence-corrected chi connectivity index (χ4v) is 2.12. The topological polar surface area (TPSA) is 64.6 Å². The van der Waals surface area contributed by atoms with E-state index < -0.39 is 18.1 Å². The van der Waals surface area contributed by atoms with Crippen LogP contribution in [0.25, 0.3) is 0 Å². The van der Waals surface area contributed by atoms with Crippen molar-refractivity contribution in [3.05, 3.63) is 0 Å². The van der Waals surface area contributed by atoms with Gasteiger partial charge in [0.2, 0.25) is 0 Å². The lowest BCUT2D eigenvalue weighted by molar-refractivity contribution is -0.144. The molecule has 0 spiro atoms. The van der Waals surface area contributed by atoms with Crippen LogP contribution in [0.2, 0.25) is 0 Å². The summed E-state index contributed by atoms with van der Waals surface area (Å²) < 4.78 is 10.2. The number of amides is 1. The Morgan fingerprint density at radius 3 is 1.90 bits per heavy atom. The largest absolute Gasteiger partial charge is 0.467 e. The van der Waals surface area contributed by atoms with Gasteiger partial charge in [-0.1, -0.05) is 48.0 Å². The van der Waals surface area contributed by atoms with Crippen LogP contribution in [0.3, 0.4) is 0 Å². The zero-order valence-electron chi connectivity index (χ0n) is 13.7. The van der Waals surface area contributed by atoms with Gasteiger partial charge in [-0.15, -0.1) is 0 Å². The summed E-state index contributed by atoms with van der Waals surface area (Å²) in [6, 6.07) is -0.669. The third kappa shape index (κ3) is 5.80. The molecule has 0 saturated heterocycles. The molecule has 0 aromatic rings. The minimum absolute atomic E-state index is 0.00782. The molecule has 0 saturated carbocycles. The third-order valence-electron chi connectivity index (χ3n) is 3.50. The Balaban J connectivity index is 4.72. The maximum absolute atomic E-state index is 12.0. The van der Waals surface area contributed by atoms with Crippen molar-refractivity contribution in [3.8, 4) is 0 Å². The second-order valence-corrected chi connectivity index (χ2v) is 5.89. The first kappa shape index (κ1) is 18.7. The summed E-state index contributed by atoms with van der Waals surface area (Å²) in [5.74, 6) is -0.00431. The minimum atomic E-state index is -0.669. The van der Waals surface area contributed by atoms with Crippen LogP contribution >= 0.6 is 0 Å². The predicted molar refractivity (Wildman–Crippen MR) is 78.3 cm³/mol. The second-order valence-electron chi connectivity index (χ2n) is 5.89. The molecule has 2 atom stereocenters. The van der Waals surface area contributed by atoms with Gasteiger partial charge in [0.15, 0.2) is 0 Å². The molecular weight excluding hydrogens is 258 g/mol. The van der Waals surface area contributed by atoms with E-state index >= 15 is 0 Å². The van der Waals surface area contributed by atoms with Crippen LogP contribution in [0.1, 0.15) is 48.0 Å². The van der Waals surface area contributed by atoms with E-state index in [-0.39, 0.29) is 23.9 Å². The number of hydrogen-bond acceptors (Lipinski definition) is 4. The maximum Gasteiger partial charge on any atom is 0.408 e. The molecule has 0 aliphatic heterocycles. The molecule has 5 nitrogen and oxygen atoms in total. The normalized spacial score (nSPS) is 14.3. The van der Waals surface area contributed by atoms with Crippen molar-refractivity contribution in [1.29, 1.82) is 0 Å². The predicted octanol–water partition coefficient (Wildman–Crippen LogP) is 2.98. The number of methoxy groups -OCH3 is 1. The van der Waals surface area contributed by atoms with Gasteiger partial charge in [-0.3, -0.25) is 0 Å². The van der Waals surface area contributed by atoms with E-state index in [1.807, 2.05) is 41.5 Å². The number of rotatable bonds is 7. The highest BCUT2D eigenvalue weighted by Gasteiger charge is 2.29. The lowest BCUT2D eigenvalue weighted by Gasteiger charge is -2.27. The summed E-state index contributed by atoms with van der Waals surface area (Å²) >= 11 is 0. The summed E-state index contributed by atoms with van der Waals surface area (Å²) in [5, 5.41) is 2.62. The van der Waals surface area contributed by atoms with E-state index in [1.54, 1.807) is 0 Å². The van der Waals surface area contributed by atoms with E-state index in [0.717, 1.165) is 6.42 Å². The molecular formula is C15H29NO4. The van der Waals surface area contributed by atoms with Crippen LogP contribution in [0.15, 0.2) is 0 Å². The maximum atomic E-state index is 12.0. The molecule has 20 heavy (non-hydrogen) atoms. The summed E-state index contributed by atoms with van der Waals surface area (Å²) in [7, 11) is 1.32. The van der Waals surface area contributed by atoms with E-state index in [4.69, 9.17) is 9.47 Å². The molecule has 0 unspecified atom stereocenters. The van der Waals surface area contributed by atoms with Crippen LogP contribution < -0.4 is 5.32 Å². The highest BCUT2D eigenvalue weighted by atomic mass is 16.6. The molecule has 0 rings (SSSR count). The van der Waals surface area contributed by atoms with Gasteiger partial charge < -0.3 is 14.8 Å². The van der Waals surface area contributed by atoms with Crippen LogP contribution in [0.5, 0.6) is 0 Å². The van der Waals surface area contributed by atoms with Crippen LogP contribution in [-0.4, -0.2) is 31.3 Å². The first-order chi connectivity index (χ1) is 9.24. The number of carbonyl (C=O) groups is 2. The van der Waals surface area contributed by atoms with E-state index in [9.17, 15) is 9.59 Å². The van der Waals surface area contributed by atoms with Crippen LogP contribution in [0.4, 0.5) is 4.79 Å². The molecule has 0 bridgehead atoms. The van der Waals surface area contributed by atoms with Crippen LogP contribution in [-0.2, 0) is 14.3 Å². The van der Waals surface area contributed by atoms with Gasteiger partial charge in [-0.2, -0.15) is 0 Å². The Morgan fingerprint density at radius 2 is 1.55 bits per heavy atom. The first-order valence-electron chi connectivity index (χ1n) is 7.29. The Bertz CT molecular complexity index is 307. The lowest BCUT2D eigenvalue weighted by atomic mass is 9.96. The minimum Gasteiger partial charge on any atom is -0.467 e. The van der Waals surface area contributed by atoms with E-state index in [2.05, 4.69) is 5.32 Å². The van der Waals surface area contributed by atoms with Gasteiger partial charge in [-0.05, 0) is 17.8 Å². The molecule has 0 aliphatic carbocycles. The van der Waals surface area contributed by atoms with Gasteiger partial charge in [0.25, 0.3) is 0 Å². The van der Waals surface area contributed by atoms with E-state index in [1.165, 1.54) is 7.11 Å². The average Bonchev–Trinajstić information content (AvgIpc) is 2.39. The van der Waals surface area contributed by atoms with Gasteiger partial charge in [0.05, 0.1) is 7.11 Å². The third-order valence-corrected chi connectivity index (χ3v) is 3.50. The van der Waals surface area contributed by atoms with Crippen molar-refractivity contribution in [2.24, 2.45) is 17.8 Å². The summed E-state index contributed by atoms with van der Waals surface area (Å²) in [6.07, 6.45) is 0.0241. The molecule has 0 aromatic carbocycles. The Labute approximate surface area is 122 Å². The molecule has 0 radical (unpaired) electrons. The van der Waals surface area contributed by atoms with Crippen molar-refractivity contribution in [2.45, 2.75) is 60.1 Å². The van der Waals surface area contributed by atoms with Gasteiger partial charge >= 0.3 is 12.1 Å². The van der Waals surface area contributed by atoms with Crippen molar-refractivity contribution in [1.82, 2.24) is 5.32 Å². The molecule has 5 heteroatoms. The van der Waals surface area contributed by atoms with Gasteiger partial charge in [-0.25, -0.2) is 9.59 Å². The first-order valence-corrected chi connectivity index (χ1v) is 7.29. The van der Waals surface area contributed by atoms with Crippen molar-refractivity contribution >= 4 is 12.1 Å². The Kier molecular flexibility index (Phi) is 8.26. The standard InChI is InChI=1S/C15H29NO4/c1-8-11(6)12(14(17)19-7)16-15(18)20-13(9(2)3)10(4)5/h9-13H,8H2,1-7H3,(H,16,18)/t11-,12-/m0/s1. The number of carbonyl (C=O) groups excluding carboxylic acids is 2. The molecule has 1 amide bonds.